The summed E-state index contributed by atoms with van der Waals surface area (Å²) in [6.07, 6.45) is 3.30. The van der Waals surface area contributed by atoms with E-state index in [4.69, 9.17) is 5.73 Å². The van der Waals surface area contributed by atoms with Gasteiger partial charge in [-0.05, 0) is 36.3 Å². The standard InChI is InChI=1S/C14H18N2O.ClH/c15-8-13(9-5-6-9)16-14(17)12-7-10-3-1-2-4-11(10)12;/h1-4,9,12-13H,5-8,15H2,(H,16,17);1H. The maximum Gasteiger partial charge on any atom is 0.228 e. The lowest BCUT2D eigenvalue weighted by Gasteiger charge is -2.30. The van der Waals surface area contributed by atoms with E-state index in [0.29, 0.717) is 12.5 Å². The Bertz CT molecular complexity index is 445. The average molecular weight is 267 g/mol. The number of benzene rings is 1. The van der Waals surface area contributed by atoms with Crippen molar-refractivity contribution in [2.75, 3.05) is 6.54 Å². The average Bonchev–Trinajstić information content (AvgIpc) is 3.11. The van der Waals surface area contributed by atoms with Gasteiger partial charge in [0.2, 0.25) is 5.91 Å². The maximum atomic E-state index is 12.1. The van der Waals surface area contributed by atoms with E-state index in [-0.39, 0.29) is 30.3 Å². The highest BCUT2D eigenvalue weighted by atomic mass is 35.5. The van der Waals surface area contributed by atoms with Gasteiger partial charge in [0.25, 0.3) is 0 Å². The molecule has 2 atom stereocenters. The van der Waals surface area contributed by atoms with E-state index in [1.807, 2.05) is 12.1 Å². The Morgan fingerprint density at radius 2 is 2.11 bits per heavy atom. The van der Waals surface area contributed by atoms with Gasteiger partial charge in [-0.1, -0.05) is 24.3 Å². The zero-order chi connectivity index (χ0) is 11.8. The molecule has 1 amide bonds. The molecule has 1 aromatic rings. The molecule has 0 aliphatic heterocycles. The Labute approximate surface area is 114 Å². The minimum absolute atomic E-state index is 0. The van der Waals surface area contributed by atoms with Crippen molar-refractivity contribution in [2.45, 2.75) is 31.2 Å². The van der Waals surface area contributed by atoms with E-state index in [1.165, 1.54) is 24.0 Å². The summed E-state index contributed by atoms with van der Waals surface area (Å²) in [5, 5.41) is 3.11. The largest absolute Gasteiger partial charge is 0.351 e. The molecule has 2 aliphatic carbocycles. The van der Waals surface area contributed by atoms with Gasteiger partial charge in [0.15, 0.2) is 0 Å². The summed E-state index contributed by atoms with van der Waals surface area (Å²) in [6, 6.07) is 8.37. The highest BCUT2D eigenvalue weighted by molar-refractivity contribution is 5.87. The van der Waals surface area contributed by atoms with Crippen molar-refractivity contribution in [1.82, 2.24) is 5.32 Å². The van der Waals surface area contributed by atoms with Gasteiger partial charge in [0.05, 0.1) is 5.92 Å². The van der Waals surface area contributed by atoms with Crippen molar-refractivity contribution in [3.8, 4) is 0 Å². The van der Waals surface area contributed by atoms with E-state index < -0.39 is 0 Å². The monoisotopic (exact) mass is 266 g/mol. The summed E-state index contributed by atoms with van der Waals surface area (Å²) in [4.78, 5) is 12.1. The molecule has 0 heterocycles. The third kappa shape index (κ3) is 2.38. The van der Waals surface area contributed by atoms with Crippen LogP contribution in [-0.4, -0.2) is 18.5 Å². The number of halogens is 1. The predicted molar refractivity (Wildman–Crippen MR) is 73.8 cm³/mol. The molecule has 98 valence electrons. The van der Waals surface area contributed by atoms with Gasteiger partial charge in [0, 0.05) is 12.6 Å². The Hall–Kier alpha value is -1.06. The van der Waals surface area contributed by atoms with Crippen LogP contribution in [0.4, 0.5) is 0 Å². The molecule has 1 saturated carbocycles. The van der Waals surface area contributed by atoms with Crippen molar-refractivity contribution in [2.24, 2.45) is 11.7 Å². The highest BCUT2D eigenvalue weighted by Crippen LogP contribution is 2.36. The van der Waals surface area contributed by atoms with Gasteiger partial charge < -0.3 is 11.1 Å². The molecule has 18 heavy (non-hydrogen) atoms. The third-order valence-electron chi connectivity index (χ3n) is 3.94. The van der Waals surface area contributed by atoms with E-state index in [2.05, 4.69) is 17.4 Å². The van der Waals surface area contributed by atoms with E-state index in [0.717, 1.165) is 6.42 Å². The lowest BCUT2D eigenvalue weighted by molar-refractivity contribution is -0.123. The zero-order valence-corrected chi connectivity index (χ0v) is 11.1. The second-order valence-electron chi connectivity index (χ2n) is 5.14. The molecular formula is C14H19ClN2O. The van der Waals surface area contributed by atoms with E-state index >= 15 is 0 Å². The molecule has 0 spiro atoms. The molecule has 0 saturated heterocycles. The number of amides is 1. The predicted octanol–water partition coefficient (Wildman–Crippen LogP) is 1.60. The van der Waals surface area contributed by atoms with Crippen LogP contribution in [0.1, 0.15) is 29.9 Å². The first kappa shape index (κ1) is 13.4. The number of nitrogens with two attached hydrogens (primary N) is 1. The Morgan fingerprint density at radius 3 is 2.72 bits per heavy atom. The smallest absolute Gasteiger partial charge is 0.228 e. The van der Waals surface area contributed by atoms with Crippen LogP contribution in [0.5, 0.6) is 0 Å². The fraction of sp³-hybridized carbons (Fsp3) is 0.500. The Balaban J connectivity index is 0.00000120. The first-order valence-electron chi connectivity index (χ1n) is 6.38. The van der Waals surface area contributed by atoms with Crippen LogP contribution in [0.25, 0.3) is 0 Å². The number of nitrogens with one attached hydrogen (secondary N) is 1. The van der Waals surface area contributed by atoms with Crippen molar-refractivity contribution >= 4 is 18.3 Å². The van der Waals surface area contributed by atoms with Crippen molar-refractivity contribution in [3.63, 3.8) is 0 Å². The second kappa shape index (κ2) is 5.29. The fourth-order valence-corrected chi connectivity index (χ4v) is 2.64. The number of carbonyl (C=O) groups is 1. The van der Waals surface area contributed by atoms with Crippen molar-refractivity contribution in [3.05, 3.63) is 35.4 Å². The Morgan fingerprint density at radius 1 is 1.39 bits per heavy atom. The SMILES string of the molecule is Cl.NCC(NC(=O)C1Cc2ccccc21)C1CC1. The minimum Gasteiger partial charge on any atom is -0.351 e. The topological polar surface area (TPSA) is 55.1 Å². The lowest BCUT2D eigenvalue weighted by Crippen LogP contribution is -2.45. The van der Waals surface area contributed by atoms with Crippen LogP contribution in [0.15, 0.2) is 24.3 Å². The summed E-state index contributed by atoms with van der Waals surface area (Å²) < 4.78 is 0. The molecule has 4 heteroatoms. The number of fused-ring (bicyclic) bond motifs is 1. The molecular weight excluding hydrogens is 248 g/mol. The summed E-state index contributed by atoms with van der Waals surface area (Å²) in [5.74, 6) is 0.837. The van der Waals surface area contributed by atoms with Crippen LogP contribution in [-0.2, 0) is 11.2 Å². The van der Waals surface area contributed by atoms with Gasteiger partial charge in [-0.3, -0.25) is 4.79 Å². The fourth-order valence-electron chi connectivity index (χ4n) is 2.64. The summed E-state index contributed by atoms with van der Waals surface area (Å²) >= 11 is 0. The van der Waals surface area contributed by atoms with Gasteiger partial charge in [-0.15, -0.1) is 12.4 Å². The van der Waals surface area contributed by atoms with E-state index in [1.54, 1.807) is 0 Å². The van der Waals surface area contributed by atoms with Gasteiger partial charge in [-0.25, -0.2) is 0 Å². The quantitative estimate of drug-likeness (QED) is 0.870. The summed E-state index contributed by atoms with van der Waals surface area (Å²) in [7, 11) is 0. The van der Waals surface area contributed by atoms with Crippen molar-refractivity contribution in [1.29, 1.82) is 0 Å². The maximum absolute atomic E-state index is 12.1. The van der Waals surface area contributed by atoms with Gasteiger partial charge >= 0.3 is 0 Å². The van der Waals surface area contributed by atoms with Crippen LogP contribution >= 0.6 is 12.4 Å². The summed E-state index contributed by atoms with van der Waals surface area (Å²) in [6.45, 7) is 0.560. The number of hydrogen-bond donors (Lipinski definition) is 2. The number of hydrogen-bond acceptors (Lipinski definition) is 2. The second-order valence-corrected chi connectivity index (χ2v) is 5.14. The molecule has 2 aliphatic rings. The van der Waals surface area contributed by atoms with Gasteiger partial charge in [-0.2, -0.15) is 0 Å². The molecule has 0 radical (unpaired) electrons. The minimum atomic E-state index is 0. The third-order valence-corrected chi connectivity index (χ3v) is 3.94. The molecule has 1 aromatic carbocycles. The van der Waals surface area contributed by atoms with Crippen molar-refractivity contribution < 1.29 is 4.79 Å². The number of carbonyl (C=O) groups excluding carboxylic acids is 1. The molecule has 0 bridgehead atoms. The normalized spacial score (nSPS) is 22.2. The number of rotatable bonds is 4. The molecule has 3 rings (SSSR count). The van der Waals surface area contributed by atoms with E-state index in [9.17, 15) is 4.79 Å². The molecule has 3 nitrogen and oxygen atoms in total. The van der Waals surface area contributed by atoms with Crippen LogP contribution in [0.2, 0.25) is 0 Å². The highest BCUT2D eigenvalue weighted by Gasteiger charge is 2.36. The zero-order valence-electron chi connectivity index (χ0n) is 10.3. The Kier molecular flexibility index (Phi) is 3.93. The lowest BCUT2D eigenvalue weighted by atomic mass is 9.77. The summed E-state index contributed by atoms with van der Waals surface area (Å²) in [5.41, 5.74) is 8.20. The van der Waals surface area contributed by atoms with Gasteiger partial charge in [0.1, 0.15) is 0 Å². The molecule has 2 unspecified atom stereocenters. The molecule has 1 fully saturated rings. The van der Waals surface area contributed by atoms with Crippen LogP contribution in [0.3, 0.4) is 0 Å². The first-order chi connectivity index (χ1) is 8.29. The first-order valence-corrected chi connectivity index (χ1v) is 6.38. The van der Waals surface area contributed by atoms with Crippen LogP contribution in [0, 0.1) is 5.92 Å². The molecule has 0 aromatic heterocycles. The van der Waals surface area contributed by atoms with Crippen LogP contribution < -0.4 is 11.1 Å². The molecule has 3 N–H and O–H groups in total.